The second-order valence-electron chi connectivity index (χ2n) is 8.83. The third-order valence-corrected chi connectivity index (χ3v) is 7.04. The number of nitrogens with one attached hydrogen (secondary N) is 1. The second kappa shape index (κ2) is 10.0. The Bertz CT molecular complexity index is 1610. The maximum atomic E-state index is 13.6. The summed E-state index contributed by atoms with van der Waals surface area (Å²) >= 11 is 3.54. The minimum atomic E-state index is -0.774. The van der Waals surface area contributed by atoms with Gasteiger partial charge in [-0.2, -0.15) is 0 Å². The standard InChI is InChI=1S/C30H23BrN2O4/c1-18-11-12-19(2)26(15-18)33-29(35)24(28(34)32-30(33)36)16-23-22-9-5-3-7-20(22)13-14-27(23)37-17-21-8-4-6-10-25(21)31/h3-16H,17H2,1-2H3,(H,32,34,36)/b24-16+. The average Bonchev–Trinajstić information content (AvgIpc) is 2.88. The number of halogens is 1. The summed E-state index contributed by atoms with van der Waals surface area (Å²) in [4.78, 5) is 40.3. The third-order valence-electron chi connectivity index (χ3n) is 6.27. The van der Waals surface area contributed by atoms with E-state index in [4.69, 9.17) is 4.74 Å². The number of rotatable bonds is 5. The number of aryl methyl sites for hydroxylation is 2. The zero-order valence-corrected chi connectivity index (χ0v) is 21.8. The first-order valence-electron chi connectivity index (χ1n) is 11.7. The van der Waals surface area contributed by atoms with Crippen molar-refractivity contribution in [3.63, 3.8) is 0 Å². The topological polar surface area (TPSA) is 75.7 Å². The van der Waals surface area contributed by atoms with Crippen LogP contribution in [-0.2, 0) is 16.2 Å². The second-order valence-corrected chi connectivity index (χ2v) is 9.68. The smallest absolute Gasteiger partial charge is 0.335 e. The lowest BCUT2D eigenvalue weighted by Crippen LogP contribution is -2.54. The van der Waals surface area contributed by atoms with E-state index in [1.165, 1.54) is 6.08 Å². The van der Waals surface area contributed by atoms with E-state index in [9.17, 15) is 14.4 Å². The molecule has 4 amide bonds. The molecule has 0 saturated carbocycles. The van der Waals surface area contributed by atoms with Gasteiger partial charge >= 0.3 is 6.03 Å². The van der Waals surface area contributed by atoms with Crippen LogP contribution >= 0.6 is 15.9 Å². The van der Waals surface area contributed by atoms with Crippen molar-refractivity contribution >= 4 is 56.3 Å². The molecular weight excluding hydrogens is 532 g/mol. The van der Waals surface area contributed by atoms with Gasteiger partial charge in [-0.3, -0.25) is 14.9 Å². The molecule has 0 radical (unpaired) electrons. The quantitative estimate of drug-likeness (QED) is 0.227. The monoisotopic (exact) mass is 554 g/mol. The summed E-state index contributed by atoms with van der Waals surface area (Å²) in [7, 11) is 0. The number of carbonyl (C=O) groups excluding carboxylic acids is 3. The largest absolute Gasteiger partial charge is 0.488 e. The Morgan fingerprint density at radius 2 is 1.68 bits per heavy atom. The Kier molecular flexibility index (Phi) is 6.63. The SMILES string of the molecule is Cc1ccc(C)c(N2C(=O)NC(=O)/C(=C\c3c(OCc4ccccc4Br)ccc4ccccc34)C2=O)c1. The fourth-order valence-corrected chi connectivity index (χ4v) is 4.70. The molecule has 5 rings (SSSR count). The number of urea groups is 1. The molecule has 4 aromatic rings. The van der Waals surface area contributed by atoms with Crippen LogP contribution in [0.25, 0.3) is 16.8 Å². The summed E-state index contributed by atoms with van der Waals surface area (Å²) in [6, 6.07) is 23.9. The van der Waals surface area contributed by atoms with E-state index < -0.39 is 17.8 Å². The molecule has 1 saturated heterocycles. The van der Waals surface area contributed by atoms with Crippen LogP contribution in [0.15, 0.2) is 88.9 Å². The number of benzene rings is 4. The van der Waals surface area contributed by atoms with Gasteiger partial charge in [-0.25, -0.2) is 9.69 Å². The molecule has 1 aliphatic heterocycles. The maximum Gasteiger partial charge on any atom is 0.335 e. The number of nitrogens with zero attached hydrogens (tertiary/aromatic N) is 1. The van der Waals surface area contributed by atoms with E-state index >= 15 is 0 Å². The van der Waals surface area contributed by atoms with Crippen LogP contribution in [0.4, 0.5) is 10.5 Å². The first-order valence-corrected chi connectivity index (χ1v) is 12.5. The molecule has 0 bridgehead atoms. The third kappa shape index (κ3) is 4.78. The predicted octanol–water partition coefficient (Wildman–Crippen LogP) is 6.46. The van der Waals surface area contributed by atoms with Crippen LogP contribution < -0.4 is 15.0 Å². The van der Waals surface area contributed by atoms with E-state index in [1.54, 1.807) is 6.07 Å². The molecule has 4 aromatic carbocycles. The molecule has 1 heterocycles. The van der Waals surface area contributed by atoms with Crippen LogP contribution in [0, 0.1) is 13.8 Å². The van der Waals surface area contributed by atoms with Crippen LogP contribution in [0.3, 0.4) is 0 Å². The highest BCUT2D eigenvalue weighted by Crippen LogP contribution is 2.33. The van der Waals surface area contributed by atoms with Gasteiger partial charge in [0, 0.05) is 15.6 Å². The van der Waals surface area contributed by atoms with E-state index in [1.807, 2.05) is 86.6 Å². The molecule has 0 spiro atoms. The molecule has 37 heavy (non-hydrogen) atoms. The lowest BCUT2D eigenvalue weighted by atomic mass is 9.99. The summed E-state index contributed by atoms with van der Waals surface area (Å²) < 4.78 is 7.11. The zero-order valence-electron chi connectivity index (χ0n) is 20.2. The van der Waals surface area contributed by atoms with Crippen molar-refractivity contribution in [3.8, 4) is 5.75 Å². The first-order chi connectivity index (χ1) is 17.8. The molecule has 1 aliphatic rings. The number of hydrogen-bond donors (Lipinski definition) is 1. The molecule has 0 unspecified atom stereocenters. The highest BCUT2D eigenvalue weighted by molar-refractivity contribution is 9.10. The summed E-state index contributed by atoms with van der Waals surface area (Å²) in [6.07, 6.45) is 1.51. The molecule has 0 aliphatic carbocycles. The number of hydrogen-bond acceptors (Lipinski definition) is 4. The average molecular weight is 555 g/mol. The van der Waals surface area contributed by atoms with Crippen molar-refractivity contribution in [2.75, 3.05) is 4.90 Å². The molecule has 1 N–H and O–H groups in total. The van der Waals surface area contributed by atoms with Crippen molar-refractivity contribution in [2.45, 2.75) is 20.5 Å². The number of imide groups is 2. The molecule has 7 heteroatoms. The van der Waals surface area contributed by atoms with E-state index in [0.29, 0.717) is 17.0 Å². The number of ether oxygens (including phenoxy) is 1. The number of amides is 4. The molecule has 184 valence electrons. The van der Waals surface area contributed by atoms with Gasteiger partial charge < -0.3 is 4.74 Å². The Labute approximate surface area is 222 Å². The minimum Gasteiger partial charge on any atom is -0.488 e. The normalized spacial score (nSPS) is 14.8. The van der Waals surface area contributed by atoms with Crippen LogP contribution in [0.1, 0.15) is 22.3 Å². The predicted molar refractivity (Wildman–Crippen MR) is 147 cm³/mol. The summed E-state index contributed by atoms with van der Waals surface area (Å²) in [6.45, 7) is 3.97. The first kappa shape index (κ1) is 24.5. The van der Waals surface area contributed by atoms with Gasteiger partial charge in [0.2, 0.25) is 0 Å². The summed E-state index contributed by atoms with van der Waals surface area (Å²) in [5.41, 5.74) is 3.45. The molecule has 6 nitrogen and oxygen atoms in total. The van der Waals surface area contributed by atoms with Gasteiger partial charge in [0.1, 0.15) is 17.9 Å². The number of anilines is 1. The summed E-state index contributed by atoms with van der Waals surface area (Å²) in [5.74, 6) is -0.925. The summed E-state index contributed by atoms with van der Waals surface area (Å²) in [5, 5.41) is 4.06. The fraction of sp³-hybridized carbons (Fsp3) is 0.100. The van der Waals surface area contributed by atoms with Crippen LogP contribution in [0.2, 0.25) is 0 Å². The van der Waals surface area contributed by atoms with Crippen molar-refractivity contribution in [1.29, 1.82) is 0 Å². The Balaban J connectivity index is 1.61. The molecule has 0 atom stereocenters. The van der Waals surface area contributed by atoms with E-state index in [2.05, 4.69) is 21.2 Å². The van der Waals surface area contributed by atoms with E-state index in [0.717, 1.165) is 36.8 Å². The Hall–Kier alpha value is -4.23. The van der Waals surface area contributed by atoms with Gasteiger partial charge in [-0.1, -0.05) is 76.6 Å². The minimum absolute atomic E-state index is 0.150. The molecule has 0 aromatic heterocycles. The Morgan fingerprint density at radius 3 is 2.49 bits per heavy atom. The van der Waals surface area contributed by atoms with Gasteiger partial charge in [0.25, 0.3) is 11.8 Å². The fourth-order valence-electron chi connectivity index (χ4n) is 4.30. The number of barbiturate groups is 1. The van der Waals surface area contributed by atoms with Crippen molar-refractivity contribution in [2.24, 2.45) is 0 Å². The van der Waals surface area contributed by atoms with Gasteiger partial charge in [-0.15, -0.1) is 0 Å². The van der Waals surface area contributed by atoms with Crippen LogP contribution in [0.5, 0.6) is 5.75 Å². The molecule has 1 fully saturated rings. The van der Waals surface area contributed by atoms with Gasteiger partial charge in [0.05, 0.1) is 5.69 Å². The Morgan fingerprint density at radius 1 is 0.919 bits per heavy atom. The van der Waals surface area contributed by atoms with Gasteiger partial charge in [-0.05, 0) is 60.0 Å². The highest BCUT2D eigenvalue weighted by atomic mass is 79.9. The lowest BCUT2D eigenvalue weighted by molar-refractivity contribution is -0.122. The number of fused-ring (bicyclic) bond motifs is 1. The lowest BCUT2D eigenvalue weighted by Gasteiger charge is -2.28. The molecular formula is C30H23BrN2O4. The van der Waals surface area contributed by atoms with E-state index in [-0.39, 0.29) is 12.2 Å². The highest BCUT2D eigenvalue weighted by Gasteiger charge is 2.37. The van der Waals surface area contributed by atoms with Crippen molar-refractivity contribution in [1.82, 2.24) is 5.32 Å². The van der Waals surface area contributed by atoms with Gasteiger partial charge in [0.15, 0.2) is 0 Å². The maximum absolute atomic E-state index is 13.6. The zero-order chi connectivity index (χ0) is 26.1. The van der Waals surface area contributed by atoms with Crippen molar-refractivity contribution < 1.29 is 19.1 Å². The van der Waals surface area contributed by atoms with Crippen LogP contribution in [-0.4, -0.2) is 17.8 Å². The van der Waals surface area contributed by atoms with Crippen molar-refractivity contribution in [3.05, 3.63) is 111 Å². The number of carbonyl (C=O) groups is 3.